The van der Waals surface area contributed by atoms with Crippen molar-refractivity contribution in [2.75, 3.05) is 6.54 Å². The van der Waals surface area contributed by atoms with Crippen molar-refractivity contribution in [1.82, 2.24) is 5.32 Å². The molecule has 0 spiro atoms. The van der Waals surface area contributed by atoms with Crippen LogP contribution in [0.25, 0.3) is 0 Å². The van der Waals surface area contributed by atoms with E-state index in [0.717, 1.165) is 12.1 Å². The lowest BCUT2D eigenvalue weighted by Crippen LogP contribution is -2.28. The van der Waals surface area contributed by atoms with Crippen LogP contribution in [0.3, 0.4) is 0 Å². The fraction of sp³-hybridized carbons (Fsp3) is 0.462. The minimum atomic E-state index is -4.57. The summed E-state index contributed by atoms with van der Waals surface area (Å²) in [4.78, 5) is 10.7. The number of alkyl halides is 3. The molecule has 8 heteroatoms. The summed E-state index contributed by atoms with van der Waals surface area (Å²) in [5.41, 5.74) is -1.17. The molecule has 21 heavy (non-hydrogen) atoms. The number of carbonyl (C=O) groups is 1. The molecule has 118 valence electrons. The third-order valence-corrected chi connectivity index (χ3v) is 3.16. The number of carbonyl (C=O) groups excluding carboxylic acids is 1. The number of benzene rings is 1. The highest BCUT2D eigenvalue weighted by molar-refractivity contribution is 6.31. The molecule has 0 aliphatic carbocycles. The van der Waals surface area contributed by atoms with Gasteiger partial charge >= 0.3 is 6.18 Å². The summed E-state index contributed by atoms with van der Waals surface area (Å²) in [6, 6.07) is 2.51. The van der Waals surface area contributed by atoms with Crippen molar-refractivity contribution >= 4 is 17.5 Å². The molecule has 0 heterocycles. The maximum atomic E-state index is 12.6. The summed E-state index contributed by atoms with van der Waals surface area (Å²) < 4.78 is 37.9. The van der Waals surface area contributed by atoms with Gasteiger partial charge in [-0.05, 0) is 24.6 Å². The summed E-state index contributed by atoms with van der Waals surface area (Å²) in [5.74, 6) is -0.311. The first-order valence-corrected chi connectivity index (χ1v) is 6.48. The molecule has 4 nitrogen and oxygen atoms in total. The van der Waals surface area contributed by atoms with Gasteiger partial charge in [0.1, 0.15) is 6.10 Å². The quantitative estimate of drug-likeness (QED) is 0.778. The van der Waals surface area contributed by atoms with E-state index in [2.05, 4.69) is 5.32 Å². The Balaban J connectivity index is 2.85. The van der Waals surface area contributed by atoms with E-state index in [0.29, 0.717) is 6.07 Å². The molecule has 0 aromatic heterocycles. The minimum absolute atomic E-state index is 0.0205. The van der Waals surface area contributed by atoms with Crippen LogP contribution in [0.1, 0.15) is 30.6 Å². The normalized spacial score (nSPS) is 14.6. The molecule has 0 saturated heterocycles. The van der Waals surface area contributed by atoms with E-state index in [-0.39, 0.29) is 29.5 Å². The smallest absolute Gasteiger partial charge is 0.390 e. The van der Waals surface area contributed by atoms with Crippen molar-refractivity contribution < 1.29 is 28.2 Å². The van der Waals surface area contributed by atoms with Crippen LogP contribution in [0.15, 0.2) is 18.2 Å². The highest BCUT2D eigenvalue weighted by atomic mass is 35.5. The highest BCUT2D eigenvalue weighted by Gasteiger charge is 2.32. The molecule has 0 radical (unpaired) electrons. The number of hydrogen-bond acceptors (Lipinski definition) is 3. The van der Waals surface area contributed by atoms with Crippen LogP contribution in [-0.2, 0) is 11.0 Å². The lowest BCUT2D eigenvalue weighted by atomic mass is 9.99. The van der Waals surface area contributed by atoms with Gasteiger partial charge in [-0.3, -0.25) is 4.79 Å². The second-order valence-corrected chi connectivity index (χ2v) is 4.93. The molecule has 2 unspecified atom stereocenters. The fourth-order valence-corrected chi connectivity index (χ4v) is 1.94. The van der Waals surface area contributed by atoms with Crippen molar-refractivity contribution in [2.24, 2.45) is 0 Å². The molecule has 1 aromatic carbocycles. The first-order chi connectivity index (χ1) is 9.62. The second-order valence-electron chi connectivity index (χ2n) is 4.52. The summed E-state index contributed by atoms with van der Waals surface area (Å²) >= 11 is 5.76. The van der Waals surface area contributed by atoms with E-state index >= 15 is 0 Å². The molecular weight excluding hydrogens is 311 g/mol. The van der Waals surface area contributed by atoms with Crippen LogP contribution >= 0.6 is 11.6 Å². The Kier molecular flexibility index (Phi) is 6.00. The standard InChI is InChI=1S/C13H15ClF3NO3/c1-7(19)18-5-4-11(20)12(21)9-6-8(13(15,16)17)2-3-10(9)14/h2-3,6,11-12,20-21H,4-5H2,1H3,(H,18,19). The Labute approximate surface area is 124 Å². The predicted molar refractivity (Wildman–Crippen MR) is 70.7 cm³/mol. The van der Waals surface area contributed by atoms with Crippen LogP contribution in [0.5, 0.6) is 0 Å². The largest absolute Gasteiger partial charge is 0.416 e. The van der Waals surface area contributed by atoms with Crippen LogP contribution in [-0.4, -0.2) is 28.8 Å². The van der Waals surface area contributed by atoms with Crippen molar-refractivity contribution in [2.45, 2.75) is 31.7 Å². The minimum Gasteiger partial charge on any atom is -0.390 e. The zero-order valence-corrected chi connectivity index (χ0v) is 11.9. The summed E-state index contributed by atoms with van der Waals surface area (Å²) in [7, 11) is 0. The SMILES string of the molecule is CC(=O)NCCC(O)C(O)c1cc(C(F)(F)F)ccc1Cl. The maximum absolute atomic E-state index is 12.6. The van der Waals surface area contributed by atoms with Crippen LogP contribution in [0, 0.1) is 0 Å². The highest BCUT2D eigenvalue weighted by Crippen LogP contribution is 2.34. The van der Waals surface area contributed by atoms with Crippen LogP contribution < -0.4 is 5.32 Å². The van der Waals surface area contributed by atoms with Gasteiger partial charge < -0.3 is 15.5 Å². The van der Waals surface area contributed by atoms with Gasteiger partial charge in [-0.2, -0.15) is 13.2 Å². The monoisotopic (exact) mass is 325 g/mol. The van der Waals surface area contributed by atoms with Crippen molar-refractivity contribution in [3.63, 3.8) is 0 Å². The molecular formula is C13H15ClF3NO3. The topological polar surface area (TPSA) is 69.6 Å². The van der Waals surface area contributed by atoms with Gasteiger partial charge in [-0.15, -0.1) is 0 Å². The van der Waals surface area contributed by atoms with Crippen molar-refractivity contribution in [1.29, 1.82) is 0 Å². The molecule has 3 N–H and O–H groups in total. The molecule has 0 saturated carbocycles. The van der Waals surface area contributed by atoms with E-state index in [1.54, 1.807) is 0 Å². The van der Waals surface area contributed by atoms with Gasteiger partial charge in [0.2, 0.25) is 5.91 Å². The molecule has 1 rings (SSSR count). The predicted octanol–water partition coefficient (Wildman–Crippen LogP) is 2.28. The molecule has 0 fully saturated rings. The van der Waals surface area contributed by atoms with Gasteiger partial charge in [0.25, 0.3) is 0 Å². The number of aliphatic hydroxyl groups is 2. The van der Waals surface area contributed by atoms with Crippen LogP contribution in [0.4, 0.5) is 13.2 Å². The number of aliphatic hydroxyl groups excluding tert-OH is 2. The lowest BCUT2D eigenvalue weighted by molar-refractivity contribution is -0.137. The van der Waals surface area contributed by atoms with Gasteiger partial charge in [0.15, 0.2) is 0 Å². The van der Waals surface area contributed by atoms with E-state index < -0.39 is 23.9 Å². The zero-order chi connectivity index (χ0) is 16.2. The average Bonchev–Trinajstić information content (AvgIpc) is 2.36. The maximum Gasteiger partial charge on any atom is 0.416 e. The zero-order valence-electron chi connectivity index (χ0n) is 11.1. The summed E-state index contributed by atoms with van der Waals surface area (Å²) in [6.45, 7) is 1.37. The third kappa shape index (κ3) is 5.18. The second kappa shape index (κ2) is 7.11. The lowest BCUT2D eigenvalue weighted by Gasteiger charge is -2.20. The Bertz CT molecular complexity index is 508. The van der Waals surface area contributed by atoms with Crippen LogP contribution in [0.2, 0.25) is 5.02 Å². The molecule has 0 bridgehead atoms. The van der Waals surface area contributed by atoms with E-state index in [4.69, 9.17) is 11.6 Å². The number of nitrogens with one attached hydrogen (secondary N) is 1. The Hall–Kier alpha value is -1.31. The van der Waals surface area contributed by atoms with Gasteiger partial charge in [-0.25, -0.2) is 0 Å². The Morgan fingerprint density at radius 2 is 2.00 bits per heavy atom. The number of hydrogen-bond donors (Lipinski definition) is 3. The molecule has 1 aromatic rings. The summed E-state index contributed by atoms with van der Waals surface area (Å²) in [6.07, 6.45) is -7.51. The number of amides is 1. The van der Waals surface area contributed by atoms with E-state index in [9.17, 15) is 28.2 Å². The van der Waals surface area contributed by atoms with Crippen molar-refractivity contribution in [3.8, 4) is 0 Å². The Morgan fingerprint density at radius 3 is 2.52 bits per heavy atom. The first kappa shape index (κ1) is 17.7. The van der Waals surface area contributed by atoms with Gasteiger partial charge in [0.05, 0.1) is 11.7 Å². The van der Waals surface area contributed by atoms with Gasteiger partial charge in [-0.1, -0.05) is 11.6 Å². The molecule has 0 aliphatic heterocycles. The summed E-state index contributed by atoms with van der Waals surface area (Å²) in [5, 5.41) is 22.0. The van der Waals surface area contributed by atoms with E-state index in [1.807, 2.05) is 0 Å². The molecule has 2 atom stereocenters. The van der Waals surface area contributed by atoms with Gasteiger partial charge in [0, 0.05) is 24.1 Å². The first-order valence-electron chi connectivity index (χ1n) is 6.10. The molecule has 1 amide bonds. The number of halogens is 4. The number of rotatable bonds is 5. The van der Waals surface area contributed by atoms with Crippen molar-refractivity contribution in [3.05, 3.63) is 34.3 Å². The fourth-order valence-electron chi connectivity index (χ4n) is 1.71. The molecule has 0 aliphatic rings. The third-order valence-electron chi connectivity index (χ3n) is 2.82. The Morgan fingerprint density at radius 1 is 1.38 bits per heavy atom. The van der Waals surface area contributed by atoms with E-state index in [1.165, 1.54) is 6.92 Å². The average molecular weight is 326 g/mol.